The topological polar surface area (TPSA) is 132 Å². The number of hydrogen-bond donors (Lipinski definition) is 2. The molecule has 0 fully saturated rings. The Balaban J connectivity index is 1.76. The molecule has 0 spiro atoms. The highest BCUT2D eigenvalue weighted by molar-refractivity contribution is 5.96. The molecule has 0 radical (unpaired) electrons. The average Bonchev–Trinajstić information content (AvgIpc) is 3.47. The molecular formula is C25H25N5O6. The maximum Gasteiger partial charge on any atom is 0.230 e. The number of nitrogens with zero attached hydrogens (tertiary/aromatic N) is 3. The van der Waals surface area contributed by atoms with Crippen LogP contribution in [0.1, 0.15) is 11.1 Å². The summed E-state index contributed by atoms with van der Waals surface area (Å²) in [6, 6.07) is 10.8. The number of imidazole rings is 1. The highest BCUT2D eigenvalue weighted by Crippen LogP contribution is 2.42. The van der Waals surface area contributed by atoms with Gasteiger partial charge in [0.05, 0.1) is 53.9 Å². The number of nitrogens with one attached hydrogen (secondary N) is 2. The quantitative estimate of drug-likeness (QED) is 0.364. The van der Waals surface area contributed by atoms with Crippen LogP contribution >= 0.6 is 0 Å². The van der Waals surface area contributed by atoms with E-state index in [4.69, 9.17) is 23.7 Å². The van der Waals surface area contributed by atoms with E-state index < -0.39 is 0 Å². The molecule has 0 saturated carbocycles. The number of aromatic amines is 1. The number of amides is 1. The molecule has 2 aromatic carbocycles. The lowest BCUT2D eigenvalue weighted by Gasteiger charge is -2.14. The molecule has 2 heterocycles. The Morgan fingerprint density at radius 1 is 0.972 bits per heavy atom. The first-order valence-electron chi connectivity index (χ1n) is 10.8. The minimum Gasteiger partial charge on any atom is -0.493 e. The number of H-pyrrole nitrogens is 1. The van der Waals surface area contributed by atoms with Crippen molar-refractivity contribution in [2.75, 3.05) is 40.9 Å². The summed E-state index contributed by atoms with van der Waals surface area (Å²) in [6.07, 6.45) is 1.49. The van der Waals surface area contributed by atoms with Crippen molar-refractivity contribution in [3.63, 3.8) is 0 Å². The lowest BCUT2D eigenvalue weighted by molar-refractivity contribution is -0.115. The van der Waals surface area contributed by atoms with E-state index >= 15 is 0 Å². The molecular weight excluding hydrogens is 466 g/mol. The van der Waals surface area contributed by atoms with Crippen LogP contribution in [0.5, 0.6) is 28.7 Å². The molecule has 4 rings (SSSR count). The van der Waals surface area contributed by atoms with Gasteiger partial charge < -0.3 is 34.0 Å². The van der Waals surface area contributed by atoms with Gasteiger partial charge in [0.1, 0.15) is 11.6 Å². The smallest absolute Gasteiger partial charge is 0.230 e. The third-order valence-electron chi connectivity index (χ3n) is 5.61. The Kier molecular flexibility index (Phi) is 6.87. The van der Waals surface area contributed by atoms with Gasteiger partial charge in [0, 0.05) is 5.56 Å². The molecule has 4 aromatic rings. The second-order valence-electron chi connectivity index (χ2n) is 7.61. The number of fused-ring (bicyclic) bond motifs is 1. The van der Waals surface area contributed by atoms with Crippen LogP contribution in [0.4, 0.5) is 5.82 Å². The van der Waals surface area contributed by atoms with Crippen LogP contribution in [-0.4, -0.2) is 56.1 Å². The minimum absolute atomic E-state index is 0.0636. The van der Waals surface area contributed by atoms with Crippen LogP contribution in [0, 0.1) is 11.3 Å². The molecule has 0 unspecified atom stereocenters. The Morgan fingerprint density at radius 2 is 1.64 bits per heavy atom. The Bertz CT molecular complexity index is 1440. The third kappa shape index (κ3) is 4.32. The number of methoxy groups -OCH3 is 5. The van der Waals surface area contributed by atoms with E-state index in [9.17, 15) is 10.1 Å². The van der Waals surface area contributed by atoms with Crippen molar-refractivity contribution in [3.8, 4) is 46.1 Å². The van der Waals surface area contributed by atoms with Crippen molar-refractivity contribution in [1.82, 2.24) is 14.6 Å². The van der Waals surface area contributed by atoms with Crippen molar-refractivity contribution in [3.05, 3.63) is 47.7 Å². The largest absolute Gasteiger partial charge is 0.493 e. The summed E-state index contributed by atoms with van der Waals surface area (Å²) in [6.45, 7) is 0. The molecule has 2 N–H and O–H groups in total. The van der Waals surface area contributed by atoms with E-state index in [0.29, 0.717) is 57.0 Å². The summed E-state index contributed by atoms with van der Waals surface area (Å²) in [7, 11) is 7.63. The first-order chi connectivity index (χ1) is 17.5. The molecule has 0 aliphatic carbocycles. The van der Waals surface area contributed by atoms with Crippen LogP contribution < -0.4 is 29.0 Å². The second kappa shape index (κ2) is 10.2. The van der Waals surface area contributed by atoms with E-state index in [-0.39, 0.29) is 12.3 Å². The molecule has 11 heteroatoms. The number of carbonyl (C=O) groups is 1. The number of ether oxygens (including phenoxy) is 5. The van der Waals surface area contributed by atoms with Gasteiger partial charge in [0.25, 0.3) is 0 Å². The Hall–Kier alpha value is -4.85. The van der Waals surface area contributed by atoms with E-state index in [1.807, 2.05) is 0 Å². The SMILES string of the molecule is COc1ccc(CC(=O)Nc2c(-c3cc(OC)c(OC)c(OC)c3)[nH]c3c(C#N)cnn23)cc1OC. The van der Waals surface area contributed by atoms with Gasteiger partial charge in [0.15, 0.2) is 34.5 Å². The standard InChI is InChI=1S/C25H25N5O6/c1-32-17-7-6-14(8-18(17)33-2)9-21(31)28-25-22(29-24-16(12-26)13-27-30(24)25)15-10-19(34-3)23(36-5)20(11-15)35-4/h6-8,10-11,13,29H,9H2,1-5H3,(H,28,31). The van der Waals surface area contributed by atoms with E-state index in [2.05, 4.69) is 21.5 Å². The predicted octanol–water partition coefficient (Wildman–Crippen LogP) is 3.43. The molecule has 0 saturated heterocycles. The summed E-state index contributed by atoms with van der Waals surface area (Å²) in [5, 5.41) is 16.7. The van der Waals surface area contributed by atoms with E-state index in [1.165, 1.54) is 39.2 Å². The highest BCUT2D eigenvalue weighted by atomic mass is 16.5. The summed E-state index contributed by atoms with van der Waals surface area (Å²) in [4.78, 5) is 16.3. The fourth-order valence-electron chi connectivity index (χ4n) is 3.91. The van der Waals surface area contributed by atoms with Crippen molar-refractivity contribution in [2.24, 2.45) is 0 Å². The number of nitriles is 1. The number of rotatable bonds is 9. The lowest BCUT2D eigenvalue weighted by Crippen LogP contribution is -2.16. The number of hydrogen-bond acceptors (Lipinski definition) is 8. The molecule has 0 aliphatic heterocycles. The zero-order chi connectivity index (χ0) is 25.8. The molecule has 1 amide bonds. The van der Waals surface area contributed by atoms with Crippen LogP contribution in [0.3, 0.4) is 0 Å². The van der Waals surface area contributed by atoms with Crippen molar-refractivity contribution >= 4 is 17.4 Å². The van der Waals surface area contributed by atoms with Crippen molar-refractivity contribution in [2.45, 2.75) is 6.42 Å². The first kappa shape index (κ1) is 24.3. The summed E-state index contributed by atoms with van der Waals surface area (Å²) >= 11 is 0. The first-order valence-corrected chi connectivity index (χ1v) is 10.8. The zero-order valence-electron chi connectivity index (χ0n) is 20.5. The van der Waals surface area contributed by atoms with Gasteiger partial charge in [-0.2, -0.15) is 14.9 Å². The molecule has 186 valence electrons. The average molecular weight is 492 g/mol. The van der Waals surface area contributed by atoms with Gasteiger partial charge in [-0.25, -0.2) is 0 Å². The maximum atomic E-state index is 13.1. The van der Waals surface area contributed by atoms with Gasteiger partial charge >= 0.3 is 0 Å². The molecule has 0 atom stereocenters. The van der Waals surface area contributed by atoms with Crippen LogP contribution in [0.25, 0.3) is 16.9 Å². The predicted molar refractivity (Wildman–Crippen MR) is 131 cm³/mol. The summed E-state index contributed by atoms with van der Waals surface area (Å²) in [5.74, 6) is 2.44. The van der Waals surface area contributed by atoms with Gasteiger partial charge in [0.2, 0.25) is 11.7 Å². The van der Waals surface area contributed by atoms with Crippen molar-refractivity contribution in [1.29, 1.82) is 5.26 Å². The maximum absolute atomic E-state index is 13.1. The number of benzene rings is 2. The summed E-state index contributed by atoms with van der Waals surface area (Å²) in [5.41, 5.74) is 2.62. The van der Waals surface area contributed by atoms with Crippen LogP contribution in [-0.2, 0) is 11.2 Å². The fourth-order valence-corrected chi connectivity index (χ4v) is 3.91. The van der Waals surface area contributed by atoms with Crippen LogP contribution in [0.2, 0.25) is 0 Å². The number of anilines is 1. The fraction of sp³-hybridized carbons (Fsp3) is 0.240. The Labute approximate surface area is 207 Å². The molecule has 2 aromatic heterocycles. The number of carbonyl (C=O) groups excluding carboxylic acids is 1. The summed E-state index contributed by atoms with van der Waals surface area (Å²) < 4.78 is 28.5. The van der Waals surface area contributed by atoms with Crippen LogP contribution in [0.15, 0.2) is 36.5 Å². The van der Waals surface area contributed by atoms with Gasteiger partial charge in [-0.1, -0.05) is 6.07 Å². The molecule has 11 nitrogen and oxygen atoms in total. The normalized spacial score (nSPS) is 10.6. The van der Waals surface area contributed by atoms with E-state index in [0.717, 1.165) is 5.56 Å². The third-order valence-corrected chi connectivity index (χ3v) is 5.61. The molecule has 0 aliphatic rings. The van der Waals surface area contributed by atoms with E-state index in [1.54, 1.807) is 37.4 Å². The van der Waals surface area contributed by atoms with Gasteiger partial charge in [-0.3, -0.25) is 4.79 Å². The van der Waals surface area contributed by atoms with Crippen molar-refractivity contribution < 1.29 is 28.5 Å². The molecule has 0 bridgehead atoms. The minimum atomic E-state index is -0.300. The Morgan fingerprint density at radius 3 is 2.22 bits per heavy atom. The number of aromatic nitrogens is 3. The highest BCUT2D eigenvalue weighted by Gasteiger charge is 2.22. The molecule has 36 heavy (non-hydrogen) atoms. The van der Waals surface area contributed by atoms with Gasteiger partial charge in [-0.15, -0.1) is 0 Å². The monoisotopic (exact) mass is 491 g/mol. The van der Waals surface area contributed by atoms with Gasteiger partial charge in [-0.05, 0) is 29.8 Å². The zero-order valence-corrected chi connectivity index (χ0v) is 20.5. The second-order valence-corrected chi connectivity index (χ2v) is 7.61. The lowest BCUT2D eigenvalue weighted by atomic mass is 10.1.